The molecular formula is C15H16FN3O. The molecule has 1 aliphatic heterocycles. The minimum absolute atomic E-state index is 0.195. The predicted molar refractivity (Wildman–Crippen MR) is 74.5 cm³/mol. The second-order valence-electron chi connectivity index (χ2n) is 4.85. The van der Waals surface area contributed by atoms with Gasteiger partial charge in [-0.1, -0.05) is 17.3 Å². The van der Waals surface area contributed by atoms with Crippen molar-refractivity contribution in [1.82, 2.24) is 10.5 Å². The lowest BCUT2D eigenvalue weighted by Crippen LogP contribution is -2.21. The summed E-state index contributed by atoms with van der Waals surface area (Å²) in [5.74, 6) is 1.37. The van der Waals surface area contributed by atoms with Crippen molar-refractivity contribution in [3.05, 3.63) is 52.7 Å². The molecule has 0 atom stereocenters. The minimum atomic E-state index is -0.195. The van der Waals surface area contributed by atoms with E-state index in [-0.39, 0.29) is 5.82 Å². The lowest BCUT2D eigenvalue weighted by molar-refractivity contribution is 0.390. The lowest BCUT2D eigenvalue weighted by atomic mass is 10.00. The van der Waals surface area contributed by atoms with Crippen LogP contribution in [0.3, 0.4) is 0 Å². The maximum absolute atomic E-state index is 14.1. The molecule has 0 saturated carbocycles. The third kappa shape index (κ3) is 2.57. The van der Waals surface area contributed by atoms with Gasteiger partial charge in [0.05, 0.1) is 12.2 Å². The summed E-state index contributed by atoms with van der Waals surface area (Å²) in [6.07, 6.45) is 1.23. The van der Waals surface area contributed by atoms with E-state index < -0.39 is 0 Å². The van der Waals surface area contributed by atoms with Crippen molar-refractivity contribution >= 4 is 5.84 Å². The Hall–Kier alpha value is -2.17. The number of aliphatic imine (C=N–C) groups is 1. The van der Waals surface area contributed by atoms with Crippen LogP contribution < -0.4 is 5.32 Å². The number of nitrogens with one attached hydrogen (secondary N) is 1. The van der Waals surface area contributed by atoms with E-state index in [0.717, 1.165) is 35.9 Å². The van der Waals surface area contributed by atoms with Crippen LogP contribution in [0.15, 0.2) is 33.8 Å². The summed E-state index contributed by atoms with van der Waals surface area (Å²) in [4.78, 5) is 4.37. The van der Waals surface area contributed by atoms with Crippen molar-refractivity contribution in [2.45, 2.75) is 19.8 Å². The van der Waals surface area contributed by atoms with Gasteiger partial charge in [0.15, 0.2) is 0 Å². The average Bonchev–Trinajstić information content (AvgIpc) is 3.08. The van der Waals surface area contributed by atoms with Crippen molar-refractivity contribution < 1.29 is 8.91 Å². The molecule has 0 radical (unpaired) electrons. The van der Waals surface area contributed by atoms with E-state index in [1.807, 2.05) is 19.1 Å². The number of halogens is 1. The number of nitrogens with zero attached hydrogens (tertiary/aromatic N) is 2. The Morgan fingerprint density at radius 3 is 2.95 bits per heavy atom. The first-order valence-electron chi connectivity index (χ1n) is 6.72. The van der Waals surface area contributed by atoms with E-state index >= 15 is 0 Å². The Morgan fingerprint density at radius 1 is 1.35 bits per heavy atom. The van der Waals surface area contributed by atoms with E-state index in [2.05, 4.69) is 15.5 Å². The van der Waals surface area contributed by atoms with Gasteiger partial charge in [-0.05, 0) is 31.4 Å². The molecule has 0 saturated heterocycles. The van der Waals surface area contributed by atoms with Gasteiger partial charge in [-0.2, -0.15) is 0 Å². The van der Waals surface area contributed by atoms with Crippen molar-refractivity contribution in [2.24, 2.45) is 4.99 Å². The quantitative estimate of drug-likeness (QED) is 0.929. The fourth-order valence-electron chi connectivity index (χ4n) is 2.40. The van der Waals surface area contributed by atoms with E-state index in [4.69, 9.17) is 4.52 Å². The summed E-state index contributed by atoms with van der Waals surface area (Å²) < 4.78 is 19.1. The van der Waals surface area contributed by atoms with Crippen LogP contribution in [0.2, 0.25) is 0 Å². The SMILES string of the molecule is Cc1cc(CCc2c(F)cccc2C2=NCCN2)no1. The molecule has 4 nitrogen and oxygen atoms in total. The molecule has 0 amide bonds. The van der Waals surface area contributed by atoms with Gasteiger partial charge in [0, 0.05) is 18.2 Å². The van der Waals surface area contributed by atoms with Crippen molar-refractivity contribution in [3.63, 3.8) is 0 Å². The molecule has 1 aromatic heterocycles. The molecule has 104 valence electrons. The molecule has 0 aliphatic carbocycles. The molecule has 0 fully saturated rings. The standard InChI is InChI=1S/C15H16FN3O/c1-10-9-11(19-20-10)5-6-12-13(3-2-4-14(12)16)15-17-7-8-18-15/h2-4,9H,5-8H2,1H3,(H,17,18). The molecule has 2 aromatic rings. The fraction of sp³-hybridized carbons (Fsp3) is 0.333. The van der Waals surface area contributed by atoms with Crippen LogP contribution in [0.5, 0.6) is 0 Å². The molecule has 5 heteroatoms. The highest BCUT2D eigenvalue weighted by Crippen LogP contribution is 2.18. The summed E-state index contributed by atoms with van der Waals surface area (Å²) >= 11 is 0. The zero-order chi connectivity index (χ0) is 13.9. The first kappa shape index (κ1) is 12.8. The molecular weight excluding hydrogens is 257 g/mol. The van der Waals surface area contributed by atoms with Gasteiger partial charge in [0.2, 0.25) is 0 Å². The average molecular weight is 273 g/mol. The number of aryl methyl sites for hydroxylation is 2. The first-order valence-corrected chi connectivity index (χ1v) is 6.72. The highest BCUT2D eigenvalue weighted by molar-refractivity contribution is 6.01. The number of amidine groups is 1. The zero-order valence-electron chi connectivity index (χ0n) is 11.3. The largest absolute Gasteiger partial charge is 0.368 e. The van der Waals surface area contributed by atoms with Gasteiger partial charge in [0.25, 0.3) is 0 Å². The highest BCUT2D eigenvalue weighted by Gasteiger charge is 2.16. The predicted octanol–water partition coefficient (Wildman–Crippen LogP) is 2.26. The van der Waals surface area contributed by atoms with Crippen LogP contribution in [0, 0.1) is 12.7 Å². The Morgan fingerprint density at radius 2 is 2.25 bits per heavy atom. The number of aromatic nitrogens is 1. The molecule has 2 heterocycles. The lowest BCUT2D eigenvalue weighted by Gasteiger charge is -2.10. The summed E-state index contributed by atoms with van der Waals surface area (Å²) in [5, 5.41) is 7.14. The molecule has 0 unspecified atom stereocenters. The molecule has 3 rings (SSSR count). The number of hydrogen-bond acceptors (Lipinski definition) is 4. The van der Waals surface area contributed by atoms with Gasteiger partial charge in [-0.3, -0.25) is 4.99 Å². The molecule has 1 N–H and O–H groups in total. The van der Waals surface area contributed by atoms with Gasteiger partial charge in [-0.15, -0.1) is 0 Å². The number of benzene rings is 1. The number of hydrogen-bond donors (Lipinski definition) is 1. The van der Waals surface area contributed by atoms with E-state index in [0.29, 0.717) is 18.4 Å². The molecule has 0 spiro atoms. The second-order valence-corrected chi connectivity index (χ2v) is 4.85. The molecule has 1 aromatic carbocycles. The van der Waals surface area contributed by atoms with Crippen LogP contribution >= 0.6 is 0 Å². The zero-order valence-corrected chi connectivity index (χ0v) is 11.3. The second kappa shape index (κ2) is 5.45. The van der Waals surface area contributed by atoms with E-state index in [1.54, 1.807) is 6.07 Å². The smallest absolute Gasteiger partial charge is 0.133 e. The maximum atomic E-state index is 14.1. The van der Waals surface area contributed by atoms with Gasteiger partial charge in [0.1, 0.15) is 17.4 Å². The summed E-state index contributed by atoms with van der Waals surface area (Å²) in [6, 6.07) is 6.99. The molecule has 20 heavy (non-hydrogen) atoms. The monoisotopic (exact) mass is 273 g/mol. The van der Waals surface area contributed by atoms with Gasteiger partial charge in [-0.25, -0.2) is 4.39 Å². The van der Waals surface area contributed by atoms with Crippen LogP contribution in [-0.2, 0) is 12.8 Å². The summed E-state index contributed by atoms with van der Waals surface area (Å²) in [6.45, 7) is 3.41. The summed E-state index contributed by atoms with van der Waals surface area (Å²) in [7, 11) is 0. The maximum Gasteiger partial charge on any atom is 0.133 e. The van der Waals surface area contributed by atoms with Crippen molar-refractivity contribution in [2.75, 3.05) is 13.1 Å². The van der Waals surface area contributed by atoms with Crippen LogP contribution in [0.4, 0.5) is 4.39 Å². The molecule has 0 bridgehead atoms. The van der Waals surface area contributed by atoms with Gasteiger partial charge >= 0.3 is 0 Å². The number of rotatable bonds is 4. The summed E-state index contributed by atoms with van der Waals surface area (Å²) in [5.41, 5.74) is 2.38. The normalized spacial score (nSPS) is 14.2. The van der Waals surface area contributed by atoms with E-state index in [1.165, 1.54) is 6.07 Å². The third-order valence-corrected chi connectivity index (χ3v) is 3.36. The minimum Gasteiger partial charge on any atom is -0.368 e. The topological polar surface area (TPSA) is 50.4 Å². The Bertz CT molecular complexity index is 648. The van der Waals surface area contributed by atoms with Crippen LogP contribution in [0.25, 0.3) is 0 Å². The van der Waals surface area contributed by atoms with Crippen molar-refractivity contribution in [3.8, 4) is 0 Å². The Kier molecular flexibility index (Phi) is 3.50. The Labute approximate surface area is 116 Å². The van der Waals surface area contributed by atoms with Gasteiger partial charge < -0.3 is 9.84 Å². The van der Waals surface area contributed by atoms with Crippen molar-refractivity contribution in [1.29, 1.82) is 0 Å². The third-order valence-electron chi connectivity index (χ3n) is 3.36. The first-order chi connectivity index (χ1) is 9.74. The highest BCUT2D eigenvalue weighted by atomic mass is 19.1. The van der Waals surface area contributed by atoms with E-state index in [9.17, 15) is 4.39 Å². The fourth-order valence-corrected chi connectivity index (χ4v) is 2.40. The Balaban J connectivity index is 1.84. The van der Waals surface area contributed by atoms with Crippen LogP contribution in [-0.4, -0.2) is 24.1 Å². The van der Waals surface area contributed by atoms with Crippen LogP contribution in [0.1, 0.15) is 22.6 Å². The molecule has 1 aliphatic rings.